The molecule has 0 amide bonds. The highest BCUT2D eigenvalue weighted by Gasteiger charge is 2.18. The molecule has 0 atom stereocenters. The van der Waals surface area contributed by atoms with Crippen LogP contribution in [0.5, 0.6) is 0 Å². The zero-order chi connectivity index (χ0) is 33.7. The second kappa shape index (κ2) is 11.9. The molecule has 4 heteroatoms. The molecule has 3 heterocycles. The Morgan fingerprint density at radius 3 is 1.71 bits per heavy atom. The molecule has 0 aliphatic carbocycles. The average Bonchev–Trinajstić information content (AvgIpc) is 3.75. The van der Waals surface area contributed by atoms with E-state index >= 15 is 0 Å². The number of fused-ring (bicyclic) bond motifs is 6. The van der Waals surface area contributed by atoms with E-state index in [0.29, 0.717) is 0 Å². The molecular formula is C47H31N3O. The Morgan fingerprint density at radius 2 is 1.00 bits per heavy atom. The third-order valence-electron chi connectivity index (χ3n) is 9.91. The van der Waals surface area contributed by atoms with Gasteiger partial charge in [-0.05, 0) is 83.4 Å². The molecule has 0 aliphatic rings. The number of hydrogen-bond donors (Lipinski definition) is 0. The van der Waals surface area contributed by atoms with Crippen LogP contribution in [0.25, 0.3) is 71.7 Å². The predicted octanol–water partition coefficient (Wildman–Crippen LogP) is 12.9. The van der Waals surface area contributed by atoms with Crippen LogP contribution >= 0.6 is 0 Å². The molecule has 4 nitrogen and oxygen atoms in total. The molecule has 0 radical (unpaired) electrons. The SMILES string of the molecule is c1ccc(N(c2ccc(-c3ccccc3-n3c4ccccc4c4ccccc43)cc2)c2ccc(-c3cccc4oc5ccncc5c34)cc2)cc1. The second-order valence-corrected chi connectivity index (χ2v) is 12.8. The number of benzene rings is 7. The minimum atomic E-state index is 0.848. The third-order valence-corrected chi connectivity index (χ3v) is 9.91. The molecule has 7 aromatic carbocycles. The van der Waals surface area contributed by atoms with Crippen LogP contribution in [-0.4, -0.2) is 9.55 Å². The number of rotatable bonds is 6. The van der Waals surface area contributed by atoms with Gasteiger partial charge in [0.2, 0.25) is 0 Å². The van der Waals surface area contributed by atoms with E-state index in [1.165, 1.54) is 27.4 Å². The largest absolute Gasteiger partial charge is 0.456 e. The first-order valence-corrected chi connectivity index (χ1v) is 17.2. The van der Waals surface area contributed by atoms with Crippen molar-refractivity contribution in [2.24, 2.45) is 0 Å². The van der Waals surface area contributed by atoms with Crippen molar-refractivity contribution in [1.29, 1.82) is 0 Å². The lowest BCUT2D eigenvalue weighted by Crippen LogP contribution is -2.09. The van der Waals surface area contributed by atoms with Crippen molar-refractivity contribution in [3.63, 3.8) is 0 Å². The van der Waals surface area contributed by atoms with Crippen LogP contribution < -0.4 is 4.90 Å². The van der Waals surface area contributed by atoms with Crippen LogP contribution in [-0.2, 0) is 0 Å². The Labute approximate surface area is 295 Å². The number of aromatic nitrogens is 2. The zero-order valence-corrected chi connectivity index (χ0v) is 27.6. The van der Waals surface area contributed by atoms with Gasteiger partial charge >= 0.3 is 0 Å². The highest BCUT2D eigenvalue weighted by Crippen LogP contribution is 2.41. The number of para-hydroxylation sites is 4. The molecule has 0 saturated carbocycles. The molecule has 240 valence electrons. The first-order chi connectivity index (χ1) is 25.3. The van der Waals surface area contributed by atoms with Gasteiger partial charge in [0.1, 0.15) is 11.2 Å². The Morgan fingerprint density at radius 1 is 0.431 bits per heavy atom. The lowest BCUT2D eigenvalue weighted by atomic mass is 9.99. The van der Waals surface area contributed by atoms with Gasteiger partial charge in [-0.1, -0.05) is 109 Å². The molecule has 51 heavy (non-hydrogen) atoms. The summed E-state index contributed by atoms with van der Waals surface area (Å²) in [6, 6.07) is 62.5. The summed E-state index contributed by atoms with van der Waals surface area (Å²) in [7, 11) is 0. The lowest BCUT2D eigenvalue weighted by molar-refractivity contribution is 0.668. The first-order valence-electron chi connectivity index (χ1n) is 17.2. The van der Waals surface area contributed by atoms with E-state index in [4.69, 9.17) is 4.42 Å². The average molecular weight is 654 g/mol. The summed E-state index contributed by atoms with van der Waals surface area (Å²) in [5, 5.41) is 4.63. The summed E-state index contributed by atoms with van der Waals surface area (Å²) in [5.74, 6) is 0. The van der Waals surface area contributed by atoms with E-state index in [9.17, 15) is 0 Å². The maximum Gasteiger partial charge on any atom is 0.138 e. The molecule has 0 unspecified atom stereocenters. The Hall–Kier alpha value is -6.91. The van der Waals surface area contributed by atoms with Crippen molar-refractivity contribution in [1.82, 2.24) is 9.55 Å². The van der Waals surface area contributed by atoms with Crippen molar-refractivity contribution in [2.75, 3.05) is 4.90 Å². The predicted molar refractivity (Wildman–Crippen MR) is 211 cm³/mol. The van der Waals surface area contributed by atoms with Gasteiger partial charge in [-0.15, -0.1) is 0 Å². The molecule has 10 rings (SSSR count). The molecule has 0 fully saturated rings. The van der Waals surface area contributed by atoms with Gasteiger partial charge < -0.3 is 13.9 Å². The number of nitrogens with zero attached hydrogens (tertiary/aromatic N) is 3. The molecule has 0 bridgehead atoms. The maximum atomic E-state index is 6.15. The van der Waals surface area contributed by atoms with E-state index in [-0.39, 0.29) is 0 Å². The fourth-order valence-corrected chi connectivity index (χ4v) is 7.61. The van der Waals surface area contributed by atoms with Gasteiger partial charge in [-0.25, -0.2) is 0 Å². The van der Waals surface area contributed by atoms with E-state index < -0.39 is 0 Å². The molecule has 0 N–H and O–H groups in total. The summed E-state index contributed by atoms with van der Waals surface area (Å²) in [4.78, 5) is 6.68. The van der Waals surface area contributed by atoms with Crippen molar-refractivity contribution < 1.29 is 4.42 Å². The molecular weight excluding hydrogens is 623 g/mol. The summed E-state index contributed by atoms with van der Waals surface area (Å²) in [6.07, 6.45) is 3.66. The van der Waals surface area contributed by atoms with Crippen molar-refractivity contribution in [2.45, 2.75) is 0 Å². The van der Waals surface area contributed by atoms with Crippen LogP contribution in [0.4, 0.5) is 17.1 Å². The number of anilines is 3. The molecule has 0 saturated heterocycles. The zero-order valence-electron chi connectivity index (χ0n) is 27.6. The van der Waals surface area contributed by atoms with E-state index in [2.05, 4.69) is 178 Å². The molecule has 10 aromatic rings. The first kappa shape index (κ1) is 29.0. The highest BCUT2D eigenvalue weighted by molar-refractivity contribution is 6.12. The van der Waals surface area contributed by atoms with Gasteiger partial charge in [0.05, 0.1) is 16.7 Å². The third kappa shape index (κ3) is 4.80. The number of furan rings is 1. The topological polar surface area (TPSA) is 34.2 Å². The van der Waals surface area contributed by atoms with Crippen molar-refractivity contribution in [3.8, 4) is 27.9 Å². The van der Waals surface area contributed by atoms with Crippen LogP contribution in [0.15, 0.2) is 193 Å². The standard InChI is InChI=1S/C47H31N3O/c1-2-11-34(12-3-1)49(36-27-23-33(24-28-36)38-16-10-20-46-47(38)41-31-48-30-29-45(41)51-46)35-25-21-32(22-26-35)37-13-4-7-17-42(37)50-43-18-8-5-14-39(43)40-15-6-9-19-44(40)50/h1-31H. The minimum absolute atomic E-state index is 0.848. The molecule has 0 spiro atoms. The van der Waals surface area contributed by atoms with Crippen LogP contribution in [0.1, 0.15) is 0 Å². The smallest absolute Gasteiger partial charge is 0.138 e. The van der Waals surface area contributed by atoms with E-state index in [0.717, 1.165) is 61.4 Å². The number of pyridine rings is 1. The minimum Gasteiger partial charge on any atom is -0.456 e. The summed E-state index contributed by atoms with van der Waals surface area (Å²) < 4.78 is 8.55. The Kier molecular flexibility index (Phi) is 6.78. The van der Waals surface area contributed by atoms with Gasteiger partial charge in [0, 0.05) is 56.6 Å². The lowest BCUT2D eigenvalue weighted by Gasteiger charge is -2.26. The van der Waals surface area contributed by atoms with E-state index in [1.807, 2.05) is 18.3 Å². The fourth-order valence-electron chi connectivity index (χ4n) is 7.61. The normalized spacial score (nSPS) is 11.5. The highest BCUT2D eigenvalue weighted by atomic mass is 16.3. The van der Waals surface area contributed by atoms with Crippen LogP contribution in [0.3, 0.4) is 0 Å². The quantitative estimate of drug-likeness (QED) is 0.179. The van der Waals surface area contributed by atoms with Crippen molar-refractivity contribution in [3.05, 3.63) is 188 Å². The Balaban J connectivity index is 1.05. The molecule has 3 aromatic heterocycles. The maximum absolute atomic E-state index is 6.15. The van der Waals surface area contributed by atoms with E-state index in [1.54, 1.807) is 6.20 Å². The summed E-state index contributed by atoms with van der Waals surface area (Å²) >= 11 is 0. The van der Waals surface area contributed by atoms with Gasteiger partial charge in [0.15, 0.2) is 0 Å². The van der Waals surface area contributed by atoms with Crippen LogP contribution in [0, 0.1) is 0 Å². The van der Waals surface area contributed by atoms with Gasteiger partial charge in [0.25, 0.3) is 0 Å². The Bertz CT molecular complexity index is 2800. The molecule has 0 aliphatic heterocycles. The van der Waals surface area contributed by atoms with Gasteiger partial charge in [-0.2, -0.15) is 0 Å². The van der Waals surface area contributed by atoms with Gasteiger partial charge in [-0.3, -0.25) is 4.98 Å². The fraction of sp³-hybridized carbons (Fsp3) is 0. The van der Waals surface area contributed by atoms with Crippen molar-refractivity contribution >= 4 is 60.8 Å². The number of hydrogen-bond acceptors (Lipinski definition) is 3. The monoisotopic (exact) mass is 653 g/mol. The van der Waals surface area contributed by atoms with Crippen LogP contribution in [0.2, 0.25) is 0 Å². The summed E-state index contributed by atoms with van der Waals surface area (Å²) in [5.41, 5.74) is 13.1. The second-order valence-electron chi connectivity index (χ2n) is 12.8. The summed E-state index contributed by atoms with van der Waals surface area (Å²) in [6.45, 7) is 0.